The van der Waals surface area contributed by atoms with Gasteiger partial charge in [0.2, 0.25) is 11.8 Å². The van der Waals surface area contributed by atoms with Crippen molar-refractivity contribution in [2.24, 2.45) is 17.8 Å². The van der Waals surface area contributed by atoms with E-state index in [1.807, 2.05) is 36.4 Å². The number of halogens is 2. The zero-order chi connectivity index (χ0) is 31.1. The molecule has 4 aliphatic rings. The van der Waals surface area contributed by atoms with Crippen LogP contribution in [0.2, 0.25) is 0 Å². The molecule has 0 aromatic heterocycles. The third kappa shape index (κ3) is 3.77. The number of nitrogens with one attached hydrogen (secondary N) is 1. The number of nitrogens with zero attached hydrogens (tertiary/aromatic N) is 2. The highest BCUT2D eigenvalue weighted by atomic mass is 35.5. The lowest BCUT2D eigenvalue weighted by Gasteiger charge is -2.50. The van der Waals surface area contributed by atoms with Crippen molar-refractivity contribution in [2.75, 3.05) is 17.3 Å². The lowest BCUT2D eigenvalue weighted by atomic mass is 9.56. The van der Waals surface area contributed by atoms with E-state index in [2.05, 4.69) is 5.32 Å². The SMILES string of the molecule is Cc1cccc([C@H]2C3=CC[C@@H]4C(=O)N(c5ccc(Nc6ccccc6)cc5)C(=O)[C@@H]4[C@@H]3C[C@@]3(Cl)C(=O)N(C)C(=O)[C@@]23Cl)c1O. The van der Waals surface area contributed by atoms with E-state index in [-0.39, 0.29) is 30.4 Å². The molecule has 2 aliphatic heterocycles. The van der Waals surface area contributed by atoms with Crippen molar-refractivity contribution in [3.05, 3.63) is 95.6 Å². The number of aromatic hydroxyl groups is 1. The van der Waals surface area contributed by atoms with Gasteiger partial charge in [0.25, 0.3) is 11.8 Å². The molecule has 224 valence electrons. The largest absolute Gasteiger partial charge is 0.507 e. The molecule has 1 saturated carbocycles. The van der Waals surface area contributed by atoms with E-state index in [0.29, 0.717) is 22.4 Å². The molecule has 7 rings (SSSR count). The molecule has 0 radical (unpaired) electrons. The van der Waals surface area contributed by atoms with Crippen LogP contribution in [-0.4, -0.2) is 50.4 Å². The van der Waals surface area contributed by atoms with Crippen LogP contribution >= 0.6 is 23.2 Å². The number of phenols is 1. The number of hydrogen-bond acceptors (Lipinski definition) is 6. The van der Waals surface area contributed by atoms with Gasteiger partial charge in [0.15, 0.2) is 9.75 Å². The number of amides is 4. The quantitative estimate of drug-likeness (QED) is 0.220. The first-order valence-electron chi connectivity index (χ1n) is 14.5. The lowest BCUT2D eigenvalue weighted by molar-refractivity contribution is -0.138. The van der Waals surface area contributed by atoms with Crippen molar-refractivity contribution >= 4 is 63.9 Å². The van der Waals surface area contributed by atoms with Crippen LogP contribution in [0.1, 0.15) is 29.9 Å². The Bertz CT molecular complexity index is 1780. The molecular formula is C34H29Cl2N3O5. The highest BCUT2D eigenvalue weighted by Crippen LogP contribution is 2.66. The summed E-state index contributed by atoms with van der Waals surface area (Å²) in [5.74, 6) is -5.24. The van der Waals surface area contributed by atoms with Crippen molar-refractivity contribution < 1.29 is 24.3 Å². The van der Waals surface area contributed by atoms with Crippen LogP contribution in [0.25, 0.3) is 0 Å². The van der Waals surface area contributed by atoms with E-state index < -0.39 is 45.2 Å². The van der Waals surface area contributed by atoms with Gasteiger partial charge in [0.05, 0.1) is 17.5 Å². The maximum Gasteiger partial charge on any atom is 0.253 e. The normalized spacial score (nSPS) is 31.0. The van der Waals surface area contributed by atoms with Crippen LogP contribution in [0, 0.1) is 24.7 Å². The van der Waals surface area contributed by atoms with Crippen molar-refractivity contribution in [3.63, 3.8) is 0 Å². The second-order valence-corrected chi connectivity index (χ2v) is 13.3. The van der Waals surface area contributed by atoms with Gasteiger partial charge in [-0.15, -0.1) is 23.2 Å². The van der Waals surface area contributed by atoms with Gasteiger partial charge in [-0.25, -0.2) is 0 Å². The number of aryl methyl sites for hydroxylation is 1. The Labute approximate surface area is 264 Å². The number of alkyl halides is 2. The van der Waals surface area contributed by atoms with E-state index in [1.54, 1.807) is 49.4 Å². The fourth-order valence-electron chi connectivity index (χ4n) is 7.64. The van der Waals surface area contributed by atoms with Crippen LogP contribution < -0.4 is 10.2 Å². The Balaban J connectivity index is 1.28. The fraction of sp³-hybridized carbons (Fsp3) is 0.294. The smallest absolute Gasteiger partial charge is 0.253 e. The number of carbonyl (C=O) groups excluding carboxylic acids is 4. The molecular weight excluding hydrogens is 601 g/mol. The number of anilines is 3. The van der Waals surface area contributed by atoms with Gasteiger partial charge in [-0.05, 0) is 67.6 Å². The Morgan fingerprint density at radius 3 is 2.23 bits per heavy atom. The van der Waals surface area contributed by atoms with Crippen LogP contribution in [0.15, 0.2) is 84.4 Å². The number of fused-ring (bicyclic) bond motifs is 4. The number of benzene rings is 3. The van der Waals surface area contributed by atoms with Gasteiger partial charge in [-0.1, -0.05) is 48.0 Å². The van der Waals surface area contributed by atoms with Crippen molar-refractivity contribution in [1.29, 1.82) is 0 Å². The first kappa shape index (κ1) is 28.6. The molecule has 2 heterocycles. The number of allylic oxidation sites excluding steroid dienone is 2. The Hall–Kier alpha value is -4.14. The van der Waals surface area contributed by atoms with E-state index in [1.165, 1.54) is 11.9 Å². The average molecular weight is 631 g/mol. The minimum atomic E-state index is -1.94. The van der Waals surface area contributed by atoms with E-state index in [0.717, 1.165) is 16.3 Å². The molecule has 8 nitrogen and oxygen atoms in total. The summed E-state index contributed by atoms with van der Waals surface area (Å²) in [6.07, 6.45) is 2.00. The molecule has 10 heteroatoms. The highest BCUT2D eigenvalue weighted by Gasteiger charge is 2.76. The molecule has 0 bridgehead atoms. The molecule has 4 amide bonds. The number of rotatable bonds is 4. The minimum absolute atomic E-state index is 0.0605. The predicted molar refractivity (Wildman–Crippen MR) is 167 cm³/mol. The topological polar surface area (TPSA) is 107 Å². The van der Waals surface area contributed by atoms with E-state index >= 15 is 0 Å². The van der Waals surface area contributed by atoms with Gasteiger partial charge >= 0.3 is 0 Å². The number of carbonyl (C=O) groups is 4. The summed E-state index contributed by atoms with van der Waals surface area (Å²) >= 11 is 14.4. The molecule has 44 heavy (non-hydrogen) atoms. The van der Waals surface area contributed by atoms with E-state index in [9.17, 15) is 24.3 Å². The number of likely N-dealkylation sites (tertiary alicyclic amines) is 1. The number of phenolic OH excluding ortho intramolecular Hbond substituents is 1. The van der Waals surface area contributed by atoms with Crippen molar-refractivity contribution in [1.82, 2.24) is 4.90 Å². The van der Waals surface area contributed by atoms with E-state index in [4.69, 9.17) is 23.2 Å². The highest BCUT2D eigenvalue weighted by molar-refractivity contribution is 6.53. The van der Waals surface area contributed by atoms with Gasteiger partial charge < -0.3 is 10.4 Å². The average Bonchev–Trinajstić information content (AvgIpc) is 3.34. The van der Waals surface area contributed by atoms with Crippen LogP contribution in [0.5, 0.6) is 5.75 Å². The third-order valence-electron chi connectivity index (χ3n) is 9.78. The lowest BCUT2D eigenvalue weighted by Crippen LogP contribution is -2.60. The first-order valence-corrected chi connectivity index (χ1v) is 15.2. The second-order valence-electron chi connectivity index (χ2n) is 12.1. The van der Waals surface area contributed by atoms with Gasteiger partial charge in [0, 0.05) is 29.9 Å². The molecule has 2 N–H and O–H groups in total. The molecule has 3 aromatic carbocycles. The number of imide groups is 2. The summed E-state index contributed by atoms with van der Waals surface area (Å²) in [6, 6.07) is 21.8. The molecule has 0 unspecified atom stereocenters. The summed E-state index contributed by atoms with van der Waals surface area (Å²) in [6.45, 7) is 1.73. The van der Waals surface area contributed by atoms with Gasteiger partial charge in [-0.2, -0.15) is 0 Å². The maximum absolute atomic E-state index is 14.2. The molecule has 3 fully saturated rings. The molecule has 0 spiro atoms. The van der Waals surface area contributed by atoms with Crippen molar-refractivity contribution in [3.8, 4) is 5.75 Å². The number of hydrogen-bond donors (Lipinski definition) is 2. The maximum atomic E-state index is 14.2. The summed E-state index contributed by atoms with van der Waals surface area (Å²) in [4.78, 5) is 53.7. The zero-order valence-corrected chi connectivity index (χ0v) is 25.5. The first-order chi connectivity index (χ1) is 21.0. The standard InChI is InChI=1S/C34H29Cl2N3O5/c1-18-7-6-10-24(28(18)40)27-22-15-16-23-26(25(22)17-33(35)31(43)38(2)32(44)34(27,33)36)30(42)39(29(23)41)21-13-11-20(12-14-21)37-19-8-4-3-5-9-19/h3-15,23,25-27,37,40H,16-17H2,1-2H3/t23-,25+,26-,27+,33+,34-/m0/s1. The third-order valence-corrected chi connectivity index (χ3v) is 11.2. The summed E-state index contributed by atoms with van der Waals surface area (Å²) < 4.78 is 0. The van der Waals surface area contributed by atoms with Crippen LogP contribution in [0.3, 0.4) is 0 Å². The molecule has 6 atom stereocenters. The second kappa shape index (κ2) is 9.94. The Kier molecular flexibility index (Phi) is 6.47. The molecule has 2 saturated heterocycles. The minimum Gasteiger partial charge on any atom is -0.507 e. The number of para-hydroxylation sites is 2. The Morgan fingerprint density at radius 1 is 0.841 bits per heavy atom. The molecule has 3 aromatic rings. The monoisotopic (exact) mass is 629 g/mol. The van der Waals surface area contributed by atoms with Gasteiger partial charge in [-0.3, -0.25) is 29.0 Å². The summed E-state index contributed by atoms with van der Waals surface area (Å²) in [7, 11) is 1.34. The predicted octanol–water partition coefficient (Wildman–Crippen LogP) is 5.64. The zero-order valence-electron chi connectivity index (χ0n) is 24.0. The summed E-state index contributed by atoms with van der Waals surface area (Å²) in [5.41, 5.74) is 3.70. The van der Waals surface area contributed by atoms with Crippen LogP contribution in [0.4, 0.5) is 17.1 Å². The van der Waals surface area contributed by atoms with Gasteiger partial charge in [0.1, 0.15) is 5.75 Å². The molecule has 2 aliphatic carbocycles. The Morgan fingerprint density at radius 2 is 1.52 bits per heavy atom. The summed E-state index contributed by atoms with van der Waals surface area (Å²) in [5, 5.41) is 14.5. The van der Waals surface area contributed by atoms with Crippen molar-refractivity contribution in [2.45, 2.75) is 35.4 Å². The fourth-order valence-corrected chi connectivity index (χ4v) is 8.65. The van der Waals surface area contributed by atoms with Crippen LogP contribution in [-0.2, 0) is 19.2 Å².